The van der Waals surface area contributed by atoms with E-state index in [-0.39, 0.29) is 13.2 Å². The molecule has 0 unspecified atom stereocenters. The van der Waals surface area contributed by atoms with Gasteiger partial charge in [0.05, 0.1) is 23.9 Å². The van der Waals surface area contributed by atoms with Crippen LogP contribution in [0.25, 0.3) is 0 Å². The Bertz CT molecular complexity index is 358. The van der Waals surface area contributed by atoms with Crippen molar-refractivity contribution in [2.24, 2.45) is 0 Å². The van der Waals surface area contributed by atoms with E-state index >= 15 is 0 Å². The molecule has 1 rings (SSSR count). The van der Waals surface area contributed by atoms with Crippen molar-refractivity contribution >= 4 is 17.4 Å². The summed E-state index contributed by atoms with van der Waals surface area (Å²) >= 11 is 5.84. The summed E-state index contributed by atoms with van der Waals surface area (Å²) in [6, 6.07) is 3.43. The van der Waals surface area contributed by atoms with Gasteiger partial charge in [0, 0.05) is 13.1 Å². The molecule has 0 aliphatic heterocycles. The topological polar surface area (TPSA) is 56.6 Å². The summed E-state index contributed by atoms with van der Waals surface area (Å²) < 4.78 is 0. The standard InChI is InChI=1S/C11H15ClN2O2/c1-2-5-14(6-7-15)11-4-3-9(12)10(8-16)13-11/h2-4,15-16H,1,5-8H2. The molecule has 0 aliphatic rings. The first-order valence-electron chi connectivity index (χ1n) is 4.96. The van der Waals surface area contributed by atoms with Gasteiger partial charge in [-0.25, -0.2) is 4.98 Å². The summed E-state index contributed by atoms with van der Waals surface area (Å²) in [4.78, 5) is 6.06. The number of nitrogens with zero attached hydrogens (tertiary/aromatic N) is 2. The second kappa shape index (κ2) is 6.48. The third-order valence-electron chi connectivity index (χ3n) is 2.10. The molecule has 5 heteroatoms. The van der Waals surface area contributed by atoms with Crippen molar-refractivity contribution in [3.05, 3.63) is 35.5 Å². The smallest absolute Gasteiger partial charge is 0.129 e. The van der Waals surface area contributed by atoms with E-state index < -0.39 is 0 Å². The molecule has 0 aliphatic carbocycles. The number of halogens is 1. The van der Waals surface area contributed by atoms with E-state index in [0.29, 0.717) is 29.6 Å². The van der Waals surface area contributed by atoms with Gasteiger partial charge in [0.25, 0.3) is 0 Å². The van der Waals surface area contributed by atoms with Gasteiger partial charge in [0.2, 0.25) is 0 Å². The van der Waals surface area contributed by atoms with Gasteiger partial charge < -0.3 is 15.1 Å². The number of hydrogen-bond donors (Lipinski definition) is 2. The van der Waals surface area contributed by atoms with E-state index in [1.165, 1.54) is 0 Å². The molecular weight excluding hydrogens is 228 g/mol. The lowest BCUT2D eigenvalue weighted by atomic mass is 10.3. The van der Waals surface area contributed by atoms with Gasteiger partial charge >= 0.3 is 0 Å². The van der Waals surface area contributed by atoms with Gasteiger partial charge in [-0.05, 0) is 12.1 Å². The second-order valence-electron chi connectivity index (χ2n) is 3.21. The normalized spacial score (nSPS) is 10.2. The largest absolute Gasteiger partial charge is 0.395 e. The number of anilines is 1. The second-order valence-corrected chi connectivity index (χ2v) is 3.62. The van der Waals surface area contributed by atoms with Gasteiger partial charge in [0.1, 0.15) is 5.82 Å². The van der Waals surface area contributed by atoms with Crippen LogP contribution in [0.1, 0.15) is 5.69 Å². The van der Waals surface area contributed by atoms with Crippen molar-refractivity contribution in [2.45, 2.75) is 6.61 Å². The van der Waals surface area contributed by atoms with Gasteiger partial charge in [-0.2, -0.15) is 0 Å². The molecule has 2 N–H and O–H groups in total. The highest BCUT2D eigenvalue weighted by molar-refractivity contribution is 6.31. The summed E-state index contributed by atoms with van der Waals surface area (Å²) in [5.41, 5.74) is 0.436. The molecule has 4 nitrogen and oxygen atoms in total. The number of aliphatic hydroxyl groups is 2. The summed E-state index contributed by atoms with van der Waals surface area (Å²) in [5, 5.41) is 18.4. The first-order valence-corrected chi connectivity index (χ1v) is 5.33. The molecule has 0 saturated heterocycles. The van der Waals surface area contributed by atoms with Crippen LogP contribution in [-0.2, 0) is 6.61 Å². The predicted molar refractivity (Wildman–Crippen MR) is 64.7 cm³/mol. The van der Waals surface area contributed by atoms with Crippen LogP contribution in [0.5, 0.6) is 0 Å². The van der Waals surface area contributed by atoms with E-state index in [0.717, 1.165) is 0 Å². The average molecular weight is 243 g/mol. The molecule has 88 valence electrons. The van der Waals surface area contributed by atoms with Crippen LogP contribution in [0.4, 0.5) is 5.82 Å². The molecule has 1 aromatic rings. The van der Waals surface area contributed by atoms with Crippen molar-refractivity contribution in [2.75, 3.05) is 24.6 Å². The highest BCUT2D eigenvalue weighted by Gasteiger charge is 2.08. The molecule has 0 bridgehead atoms. The van der Waals surface area contributed by atoms with Crippen LogP contribution < -0.4 is 4.90 Å². The van der Waals surface area contributed by atoms with E-state index in [9.17, 15) is 0 Å². The minimum atomic E-state index is -0.201. The maximum Gasteiger partial charge on any atom is 0.129 e. The van der Waals surface area contributed by atoms with E-state index in [1.807, 2.05) is 4.90 Å². The van der Waals surface area contributed by atoms with Crippen molar-refractivity contribution in [3.8, 4) is 0 Å². The molecule has 16 heavy (non-hydrogen) atoms. The summed E-state index contributed by atoms with van der Waals surface area (Å²) in [6.45, 7) is 4.52. The fraction of sp³-hybridized carbons (Fsp3) is 0.364. The van der Waals surface area contributed by atoms with Crippen LogP contribution in [-0.4, -0.2) is 34.9 Å². The predicted octanol–water partition coefficient (Wildman–Crippen LogP) is 1.21. The molecule has 1 heterocycles. The molecule has 0 fully saturated rings. The Kier molecular flexibility index (Phi) is 5.25. The third-order valence-corrected chi connectivity index (χ3v) is 2.44. The van der Waals surface area contributed by atoms with Crippen LogP contribution >= 0.6 is 11.6 Å². The molecule has 0 spiro atoms. The van der Waals surface area contributed by atoms with Gasteiger partial charge in [-0.15, -0.1) is 6.58 Å². The Morgan fingerprint density at radius 3 is 2.75 bits per heavy atom. The zero-order chi connectivity index (χ0) is 12.0. The fourth-order valence-electron chi connectivity index (χ4n) is 1.34. The maximum absolute atomic E-state index is 9.05. The maximum atomic E-state index is 9.05. The molecule has 0 saturated carbocycles. The van der Waals surface area contributed by atoms with Crippen LogP contribution in [0, 0.1) is 0 Å². The molecule has 0 aromatic carbocycles. The average Bonchev–Trinajstić information content (AvgIpc) is 2.29. The summed E-state index contributed by atoms with van der Waals surface area (Å²) in [5.74, 6) is 0.669. The summed E-state index contributed by atoms with van der Waals surface area (Å²) in [6.07, 6.45) is 1.73. The highest BCUT2D eigenvalue weighted by atomic mass is 35.5. The van der Waals surface area contributed by atoms with Crippen LogP contribution in [0.15, 0.2) is 24.8 Å². The fourth-order valence-corrected chi connectivity index (χ4v) is 1.50. The van der Waals surface area contributed by atoms with Crippen molar-refractivity contribution in [1.82, 2.24) is 4.98 Å². The molecule has 0 atom stereocenters. The van der Waals surface area contributed by atoms with Gasteiger partial charge in [-0.3, -0.25) is 0 Å². The van der Waals surface area contributed by atoms with Crippen molar-refractivity contribution < 1.29 is 10.2 Å². The van der Waals surface area contributed by atoms with Gasteiger partial charge in [0.15, 0.2) is 0 Å². The zero-order valence-electron chi connectivity index (χ0n) is 8.93. The Balaban J connectivity index is 2.94. The number of hydrogen-bond acceptors (Lipinski definition) is 4. The summed E-state index contributed by atoms with van der Waals surface area (Å²) in [7, 11) is 0. The number of aliphatic hydroxyl groups excluding tert-OH is 2. The van der Waals surface area contributed by atoms with Crippen molar-refractivity contribution in [1.29, 1.82) is 0 Å². The monoisotopic (exact) mass is 242 g/mol. The number of rotatable bonds is 6. The Morgan fingerprint density at radius 2 is 2.19 bits per heavy atom. The van der Waals surface area contributed by atoms with E-state index in [2.05, 4.69) is 11.6 Å². The third kappa shape index (κ3) is 3.20. The Labute approximate surface area is 99.8 Å². The van der Waals surface area contributed by atoms with Crippen molar-refractivity contribution in [3.63, 3.8) is 0 Å². The number of aromatic nitrogens is 1. The first kappa shape index (κ1) is 13.0. The number of pyridine rings is 1. The van der Waals surface area contributed by atoms with Crippen LogP contribution in [0.3, 0.4) is 0 Å². The lowest BCUT2D eigenvalue weighted by molar-refractivity contribution is 0.277. The van der Waals surface area contributed by atoms with E-state index in [1.54, 1.807) is 18.2 Å². The molecule has 0 radical (unpaired) electrons. The Hall–Kier alpha value is -1.10. The minimum Gasteiger partial charge on any atom is -0.395 e. The molecular formula is C11H15ClN2O2. The van der Waals surface area contributed by atoms with Crippen LogP contribution in [0.2, 0.25) is 5.02 Å². The zero-order valence-corrected chi connectivity index (χ0v) is 9.69. The lowest BCUT2D eigenvalue weighted by Crippen LogP contribution is -2.27. The van der Waals surface area contributed by atoms with Gasteiger partial charge in [-0.1, -0.05) is 17.7 Å². The molecule has 0 amide bonds. The first-order chi connectivity index (χ1) is 7.72. The lowest BCUT2D eigenvalue weighted by Gasteiger charge is -2.21. The minimum absolute atomic E-state index is 0.0343. The SMILES string of the molecule is C=CCN(CCO)c1ccc(Cl)c(CO)n1. The Morgan fingerprint density at radius 1 is 1.44 bits per heavy atom. The van der Waals surface area contributed by atoms with E-state index in [4.69, 9.17) is 21.8 Å². The highest BCUT2D eigenvalue weighted by Crippen LogP contribution is 2.19. The molecule has 1 aromatic heterocycles. The quantitative estimate of drug-likeness (QED) is 0.737.